The van der Waals surface area contributed by atoms with Crippen LogP contribution in [-0.4, -0.2) is 23.1 Å². The van der Waals surface area contributed by atoms with Gasteiger partial charge >= 0.3 is 6.08 Å². The molecule has 14 heavy (non-hydrogen) atoms. The lowest BCUT2D eigenvalue weighted by molar-refractivity contribution is 0.441. The van der Waals surface area contributed by atoms with Crippen LogP contribution in [0.1, 0.15) is 24.5 Å². The topological polar surface area (TPSA) is 37.8 Å². The molecule has 78 valence electrons. The maximum atomic E-state index is 12.7. The van der Waals surface area contributed by atoms with E-state index < -0.39 is 6.08 Å². The summed E-state index contributed by atoms with van der Waals surface area (Å²) in [4.78, 5) is 7.23. The molecule has 1 aromatic rings. The smallest absolute Gasteiger partial charge is 0.308 e. The van der Waals surface area contributed by atoms with Crippen LogP contribution in [0, 0.1) is 6.08 Å². The summed E-state index contributed by atoms with van der Waals surface area (Å²) in [5, 5.41) is 3.26. The molecule has 5 heteroatoms. The fourth-order valence-corrected chi connectivity index (χ4v) is 1.69. The minimum Gasteiger partial charge on any atom is -0.317 e. The molecule has 2 rings (SSSR count). The van der Waals surface area contributed by atoms with Crippen LogP contribution in [0.2, 0.25) is 0 Å². The van der Waals surface area contributed by atoms with Crippen LogP contribution in [0.4, 0.5) is 4.39 Å². The van der Waals surface area contributed by atoms with Crippen LogP contribution < -0.4 is 5.32 Å². The summed E-state index contributed by atoms with van der Waals surface area (Å²) in [5.74, 6) is 0.402. The Hall–Kier alpha value is -0.740. The molecule has 0 aliphatic carbocycles. The number of hydrogen-bond donors (Lipinski definition) is 1. The van der Waals surface area contributed by atoms with Gasteiger partial charge in [-0.05, 0) is 32.0 Å². The molecule has 0 saturated carbocycles. The Morgan fingerprint density at radius 2 is 2.07 bits per heavy atom. The van der Waals surface area contributed by atoms with Crippen LogP contribution in [0.25, 0.3) is 0 Å². The minimum absolute atomic E-state index is 0. The molecule has 0 bridgehead atoms. The highest BCUT2D eigenvalue weighted by molar-refractivity contribution is 5.85. The van der Waals surface area contributed by atoms with E-state index in [1.807, 2.05) is 0 Å². The average Bonchev–Trinajstić information content (AvgIpc) is 2.19. The second-order valence-electron chi connectivity index (χ2n) is 3.27. The molecule has 0 radical (unpaired) electrons. The van der Waals surface area contributed by atoms with E-state index in [4.69, 9.17) is 0 Å². The fourth-order valence-electron chi connectivity index (χ4n) is 1.69. The molecule has 1 fully saturated rings. The van der Waals surface area contributed by atoms with Crippen molar-refractivity contribution in [1.29, 1.82) is 0 Å². The Labute approximate surface area is 88.6 Å². The molecule has 1 aromatic heterocycles. The van der Waals surface area contributed by atoms with Gasteiger partial charge in [-0.25, -0.2) is 9.97 Å². The first kappa shape index (κ1) is 11.3. The zero-order valence-electron chi connectivity index (χ0n) is 7.74. The maximum Gasteiger partial charge on any atom is 0.308 e. The van der Waals surface area contributed by atoms with E-state index >= 15 is 0 Å². The Morgan fingerprint density at radius 1 is 1.36 bits per heavy atom. The molecule has 1 saturated heterocycles. The number of rotatable bonds is 1. The highest BCUT2D eigenvalue weighted by Crippen LogP contribution is 2.22. The SMILES string of the molecule is Cl.Fc1nccc(C2CCNCC2)n1. The number of halogens is 2. The lowest BCUT2D eigenvalue weighted by Crippen LogP contribution is -2.27. The normalized spacial score (nSPS) is 17.5. The molecule has 0 amide bonds. The zero-order valence-corrected chi connectivity index (χ0v) is 8.56. The zero-order chi connectivity index (χ0) is 9.10. The molecular formula is C9H13ClFN3. The second kappa shape index (κ2) is 5.22. The first-order valence-electron chi connectivity index (χ1n) is 4.55. The Balaban J connectivity index is 0.000000980. The van der Waals surface area contributed by atoms with Crippen molar-refractivity contribution in [3.05, 3.63) is 24.0 Å². The average molecular weight is 218 g/mol. The first-order chi connectivity index (χ1) is 6.36. The highest BCUT2D eigenvalue weighted by Gasteiger charge is 2.16. The van der Waals surface area contributed by atoms with E-state index in [1.165, 1.54) is 6.20 Å². The molecule has 0 spiro atoms. The van der Waals surface area contributed by atoms with Crippen molar-refractivity contribution in [2.75, 3.05) is 13.1 Å². The monoisotopic (exact) mass is 217 g/mol. The summed E-state index contributed by atoms with van der Waals surface area (Å²) in [6.07, 6.45) is 2.95. The summed E-state index contributed by atoms with van der Waals surface area (Å²) in [7, 11) is 0. The Kier molecular flexibility index (Phi) is 4.22. The molecular weight excluding hydrogens is 205 g/mol. The Morgan fingerprint density at radius 3 is 2.71 bits per heavy atom. The van der Waals surface area contributed by atoms with Gasteiger partial charge in [0.05, 0.1) is 0 Å². The molecule has 3 nitrogen and oxygen atoms in total. The standard InChI is InChI=1S/C9H12FN3.ClH/c10-9-12-6-3-8(13-9)7-1-4-11-5-2-7;/h3,6-7,11H,1-2,4-5H2;1H. The van der Waals surface area contributed by atoms with Crippen molar-refractivity contribution >= 4 is 12.4 Å². The van der Waals surface area contributed by atoms with Crippen molar-refractivity contribution in [1.82, 2.24) is 15.3 Å². The maximum absolute atomic E-state index is 12.7. The predicted octanol–water partition coefficient (Wildman–Crippen LogP) is 1.50. The van der Waals surface area contributed by atoms with Gasteiger partial charge in [-0.2, -0.15) is 4.39 Å². The van der Waals surface area contributed by atoms with Crippen LogP contribution >= 0.6 is 12.4 Å². The van der Waals surface area contributed by atoms with Gasteiger partial charge in [0.1, 0.15) is 0 Å². The largest absolute Gasteiger partial charge is 0.317 e. The summed E-state index contributed by atoms with van der Waals surface area (Å²) < 4.78 is 12.7. The molecule has 0 atom stereocenters. The van der Waals surface area contributed by atoms with E-state index in [0.717, 1.165) is 31.6 Å². The van der Waals surface area contributed by atoms with E-state index in [2.05, 4.69) is 15.3 Å². The number of piperidine rings is 1. The van der Waals surface area contributed by atoms with Crippen molar-refractivity contribution in [2.45, 2.75) is 18.8 Å². The fraction of sp³-hybridized carbons (Fsp3) is 0.556. The van der Waals surface area contributed by atoms with Gasteiger partial charge in [-0.3, -0.25) is 0 Å². The number of nitrogens with zero attached hydrogens (tertiary/aromatic N) is 2. The van der Waals surface area contributed by atoms with Gasteiger partial charge in [-0.1, -0.05) is 0 Å². The van der Waals surface area contributed by atoms with Gasteiger partial charge < -0.3 is 5.32 Å². The van der Waals surface area contributed by atoms with Crippen molar-refractivity contribution in [3.63, 3.8) is 0 Å². The number of aromatic nitrogens is 2. The minimum atomic E-state index is -0.615. The van der Waals surface area contributed by atoms with Crippen LogP contribution in [-0.2, 0) is 0 Å². The third kappa shape index (κ3) is 2.62. The first-order valence-corrected chi connectivity index (χ1v) is 4.55. The summed E-state index contributed by atoms with van der Waals surface area (Å²) in [6, 6.07) is 1.80. The van der Waals surface area contributed by atoms with E-state index in [0.29, 0.717) is 5.92 Å². The van der Waals surface area contributed by atoms with Crippen LogP contribution in [0.5, 0.6) is 0 Å². The lowest BCUT2D eigenvalue weighted by Gasteiger charge is -2.21. The predicted molar refractivity (Wildman–Crippen MR) is 54.1 cm³/mol. The van der Waals surface area contributed by atoms with E-state index in [1.54, 1.807) is 6.07 Å². The van der Waals surface area contributed by atoms with Gasteiger partial charge in [0.25, 0.3) is 0 Å². The summed E-state index contributed by atoms with van der Waals surface area (Å²) >= 11 is 0. The van der Waals surface area contributed by atoms with Gasteiger partial charge in [0.2, 0.25) is 0 Å². The lowest BCUT2D eigenvalue weighted by atomic mass is 9.94. The van der Waals surface area contributed by atoms with Crippen LogP contribution in [0.3, 0.4) is 0 Å². The van der Waals surface area contributed by atoms with E-state index in [9.17, 15) is 4.39 Å². The van der Waals surface area contributed by atoms with Crippen molar-refractivity contribution in [3.8, 4) is 0 Å². The van der Waals surface area contributed by atoms with Crippen LogP contribution in [0.15, 0.2) is 12.3 Å². The van der Waals surface area contributed by atoms with Crippen molar-refractivity contribution in [2.24, 2.45) is 0 Å². The molecule has 0 unspecified atom stereocenters. The molecule has 2 heterocycles. The third-order valence-corrected chi connectivity index (χ3v) is 2.41. The van der Waals surface area contributed by atoms with Crippen molar-refractivity contribution < 1.29 is 4.39 Å². The number of nitrogens with one attached hydrogen (secondary N) is 1. The van der Waals surface area contributed by atoms with Gasteiger partial charge in [0.15, 0.2) is 0 Å². The van der Waals surface area contributed by atoms with E-state index in [-0.39, 0.29) is 12.4 Å². The summed E-state index contributed by atoms with van der Waals surface area (Å²) in [6.45, 7) is 1.99. The highest BCUT2D eigenvalue weighted by atomic mass is 35.5. The third-order valence-electron chi connectivity index (χ3n) is 2.41. The molecule has 1 aliphatic rings. The van der Waals surface area contributed by atoms with Gasteiger partial charge in [-0.15, -0.1) is 12.4 Å². The quantitative estimate of drug-likeness (QED) is 0.725. The number of hydrogen-bond acceptors (Lipinski definition) is 3. The summed E-state index contributed by atoms with van der Waals surface area (Å²) in [5.41, 5.74) is 0.842. The molecule has 1 N–H and O–H groups in total. The molecule has 1 aliphatic heterocycles. The molecule has 0 aromatic carbocycles. The van der Waals surface area contributed by atoms with Gasteiger partial charge in [0, 0.05) is 17.8 Å². The Bertz CT molecular complexity index is 289. The second-order valence-corrected chi connectivity index (χ2v) is 3.27.